The lowest BCUT2D eigenvalue weighted by Crippen LogP contribution is -2.45. The van der Waals surface area contributed by atoms with E-state index in [0.717, 1.165) is 25.4 Å². The van der Waals surface area contributed by atoms with Crippen molar-refractivity contribution >= 4 is 5.91 Å². The summed E-state index contributed by atoms with van der Waals surface area (Å²) in [5.74, 6) is 1.09. The summed E-state index contributed by atoms with van der Waals surface area (Å²) in [6, 6.07) is 8.83. The van der Waals surface area contributed by atoms with Crippen LogP contribution in [0.2, 0.25) is 0 Å². The molecule has 106 valence electrons. The quantitative estimate of drug-likeness (QED) is 0.910. The van der Waals surface area contributed by atoms with Gasteiger partial charge in [-0.1, -0.05) is 24.3 Å². The van der Waals surface area contributed by atoms with E-state index in [4.69, 9.17) is 0 Å². The number of nitrogens with one attached hydrogen (secondary N) is 1. The van der Waals surface area contributed by atoms with Crippen molar-refractivity contribution in [2.75, 3.05) is 13.1 Å². The van der Waals surface area contributed by atoms with Crippen LogP contribution in [0.4, 0.5) is 0 Å². The number of carbonyl (C=O) groups is 1. The number of benzene rings is 1. The summed E-state index contributed by atoms with van der Waals surface area (Å²) in [6.07, 6.45) is 6.06. The number of nitrogens with zero attached hydrogens (tertiary/aromatic N) is 1. The standard InChI is InChI=1S/C17H22N2O/c20-17(19(14-7-8-14)11-12-5-6-12)16-15-4-2-1-3-13(15)9-10-18-16/h1-4,12,14,16,18H,5-11H2. The van der Waals surface area contributed by atoms with Crippen LogP contribution in [-0.4, -0.2) is 29.9 Å². The predicted molar refractivity (Wildman–Crippen MR) is 78.3 cm³/mol. The van der Waals surface area contributed by atoms with Crippen molar-refractivity contribution in [3.05, 3.63) is 35.4 Å². The molecule has 0 aromatic heterocycles. The minimum atomic E-state index is -0.112. The van der Waals surface area contributed by atoms with Crippen LogP contribution >= 0.6 is 0 Å². The highest BCUT2D eigenvalue weighted by atomic mass is 16.2. The molecule has 1 amide bonds. The maximum absolute atomic E-state index is 13.0. The van der Waals surface area contributed by atoms with Crippen molar-refractivity contribution < 1.29 is 4.79 Å². The van der Waals surface area contributed by atoms with E-state index in [2.05, 4.69) is 34.5 Å². The summed E-state index contributed by atoms with van der Waals surface area (Å²) in [5, 5.41) is 3.44. The first-order valence-corrected chi connectivity index (χ1v) is 7.94. The first kappa shape index (κ1) is 12.4. The van der Waals surface area contributed by atoms with Gasteiger partial charge < -0.3 is 10.2 Å². The average molecular weight is 270 g/mol. The third kappa shape index (κ3) is 2.35. The number of hydrogen-bond donors (Lipinski definition) is 1. The maximum atomic E-state index is 13.0. The second kappa shape index (κ2) is 4.88. The van der Waals surface area contributed by atoms with Crippen molar-refractivity contribution in [2.24, 2.45) is 5.92 Å². The Kier molecular flexibility index (Phi) is 3.03. The van der Waals surface area contributed by atoms with Gasteiger partial charge >= 0.3 is 0 Å². The van der Waals surface area contributed by atoms with Crippen LogP contribution in [0.15, 0.2) is 24.3 Å². The van der Waals surface area contributed by atoms with E-state index in [-0.39, 0.29) is 6.04 Å². The third-order valence-corrected chi connectivity index (χ3v) is 4.78. The van der Waals surface area contributed by atoms with Crippen molar-refractivity contribution in [2.45, 2.75) is 44.2 Å². The van der Waals surface area contributed by atoms with Crippen molar-refractivity contribution in [3.63, 3.8) is 0 Å². The lowest BCUT2D eigenvalue weighted by Gasteiger charge is -2.32. The van der Waals surface area contributed by atoms with Crippen LogP contribution in [0.25, 0.3) is 0 Å². The van der Waals surface area contributed by atoms with Gasteiger partial charge in [0.2, 0.25) is 5.91 Å². The van der Waals surface area contributed by atoms with Crippen LogP contribution in [0.3, 0.4) is 0 Å². The summed E-state index contributed by atoms with van der Waals surface area (Å²) >= 11 is 0. The monoisotopic (exact) mass is 270 g/mol. The zero-order valence-electron chi connectivity index (χ0n) is 11.8. The van der Waals surface area contributed by atoms with Crippen LogP contribution in [-0.2, 0) is 11.2 Å². The summed E-state index contributed by atoms with van der Waals surface area (Å²) in [6.45, 7) is 1.90. The first-order valence-electron chi connectivity index (χ1n) is 7.94. The zero-order chi connectivity index (χ0) is 13.5. The number of carbonyl (C=O) groups excluding carboxylic acids is 1. The Hall–Kier alpha value is -1.35. The molecule has 2 fully saturated rings. The Morgan fingerprint density at radius 3 is 2.75 bits per heavy atom. The Labute approximate surface area is 120 Å². The molecule has 0 radical (unpaired) electrons. The predicted octanol–water partition coefficient (Wildman–Crippen LogP) is 2.27. The van der Waals surface area contributed by atoms with E-state index >= 15 is 0 Å². The Balaban J connectivity index is 1.58. The van der Waals surface area contributed by atoms with Gasteiger partial charge in [0.05, 0.1) is 0 Å². The summed E-state index contributed by atoms with van der Waals surface area (Å²) < 4.78 is 0. The minimum Gasteiger partial charge on any atom is -0.338 e. The van der Waals surface area contributed by atoms with Gasteiger partial charge in [0.1, 0.15) is 6.04 Å². The van der Waals surface area contributed by atoms with E-state index in [1.54, 1.807) is 0 Å². The van der Waals surface area contributed by atoms with Gasteiger partial charge in [-0.3, -0.25) is 4.79 Å². The molecular weight excluding hydrogens is 248 g/mol. The lowest BCUT2D eigenvalue weighted by atomic mass is 9.93. The number of rotatable bonds is 4. The molecule has 0 bridgehead atoms. The van der Waals surface area contributed by atoms with E-state index in [1.165, 1.54) is 36.8 Å². The fourth-order valence-electron chi connectivity index (χ4n) is 3.27. The Bertz CT molecular complexity index is 519. The second-order valence-electron chi connectivity index (χ2n) is 6.50. The van der Waals surface area contributed by atoms with Crippen molar-refractivity contribution in [1.29, 1.82) is 0 Å². The molecule has 0 saturated heterocycles. The Morgan fingerprint density at radius 1 is 1.20 bits per heavy atom. The molecule has 2 aliphatic carbocycles. The highest BCUT2D eigenvalue weighted by Crippen LogP contribution is 2.37. The average Bonchev–Trinajstić information content (AvgIpc) is 3.37. The van der Waals surface area contributed by atoms with Gasteiger partial charge in [-0.15, -0.1) is 0 Å². The van der Waals surface area contributed by atoms with Crippen molar-refractivity contribution in [1.82, 2.24) is 10.2 Å². The van der Waals surface area contributed by atoms with Crippen LogP contribution in [0.5, 0.6) is 0 Å². The molecule has 1 heterocycles. The van der Waals surface area contributed by atoms with E-state index in [1.807, 2.05) is 0 Å². The molecule has 20 heavy (non-hydrogen) atoms. The number of fused-ring (bicyclic) bond motifs is 1. The first-order chi connectivity index (χ1) is 9.83. The molecule has 0 spiro atoms. The molecule has 1 aliphatic heterocycles. The molecule has 1 N–H and O–H groups in total. The molecular formula is C17H22N2O. The van der Waals surface area contributed by atoms with Crippen LogP contribution in [0.1, 0.15) is 42.9 Å². The number of amides is 1. The highest BCUT2D eigenvalue weighted by Gasteiger charge is 2.40. The van der Waals surface area contributed by atoms with E-state index in [9.17, 15) is 4.79 Å². The van der Waals surface area contributed by atoms with Gasteiger partial charge in [-0.05, 0) is 49.1 Å². The summed E-state index contributed by atoms with van der Waals surface area (Å²) in [5.41, 5.74) is 2.54. The summed E-state index contributed by atoms with van der Waals surface area (Å²) in [4.78, 5) is 15.1. The van der Waals surface area contributed by atoms with Crippen LogP contribution in [0, 0.1) is 5.92 Å². The third-order valence-electron chi connectivity index (χ3n) is 4.78. The smallest absolute Gasteiger partial charge is 0.244 e. The molecule has 3 nitrogen and oxygen atoms in total. The molecule has 3 aliphatic rings. The lowest BCUT2D eigenvalue weighted by molar-refractivity contribution is -0.134. The van der Waals surface area contributed by atoms with Crippen LogP contribution < -0.4 is 5.32 Å². The maximum Gasteiger partial charge on any atom is 0.244 e. The van der Waals surface area contributed by atoms with Gasteiger partial charge in [0.25, 0.3) is 0 Å². The second-order valence-corrected chi connectivity index (χ2v) is 6.50. The molecule has 1 aromatic rings. The molecule has 1 atom stereocenters. The minimum absolute atomic E-state index is 0.112. The van der Waals surface area contributed by atoms with Gasteiger partial charge in [-0.2, -0.15) is 0 Å². The number of hydrogen-bond acceptors (Lipinski definition) is 2. The largest absolute Gasteiger partial charge is 0.338 e. The molecule has 1 unspecified atom stereocenters. The van der Waals surface area contributed by atoms with Gasteiger partial charge in [0, 0.05) is 19.1 Å². The normalized spacial score (nSPS) is 25.1. The van der Waals surface area contributed by atoms with Crippen molar-refractivity contribution in [3.8, 4) is 0 Å². The fraction of sp³-hybridized carbons (Fsp3) is 0.588. The van der Waals surface area contributed by atoms with Gasteiger partial charge in [-0.25, -0.2) is 0 Å². The zero-order valence-corrected chi connectivity index (χ0v) is 11.8. The van der Waals surface area contributed by atoms with E-state index < -0.39 is 0 Å². The fourth-order valence-corrected chi connectivity index (χ4v) is 3.27. The Morgan fingerprint density at radius 2 is 2.00 bits per heavy atom. The summed E-state index contributed by atoms with van der Waals surface area (Å²) in [7, 11) is 0. The topological polar surface area (TPSA) is 32.3 Å². The molecule has 4 rings (SSSR count). The molecule has 2 saturated carbocycles. The molecule has 3 heteroatoms. The SMILES string of the molecule is O=C(C1NCCc2ccccc21)N(CC1CC1)C1CC1. The van der Waals surface area contributed by atoms with E-state index in [0.29, 0.717) is 11.9 Å². The highest BCUT2D eigenvalue weighted by molar-refractivity contribution is 5.84. The van der Waals surface area contributed by atoms with Gasteiger partial charge in [0.15, 0.2) is 0 Å². The molecule has 1 aromatic carbocycles.